The number of aryl methyl sites for hydroxylation is 1. The van der Waals surface area contributed by atoms with Crippen molar-refractivity contribution in [1.29, 1.82) is 0 Å². The lowest BCUT2D eigenvalue weighted by Crippen LogP contribution is -2.32. The van der Waals surface area contributed by atoms with Crippen LogP contribution in [0.1, 0.15) is 46.2 Å². The van der Waals surface area contributed by atoms with Crippen LogP contribution in [0.5, 0.6) is 0 Å². The van der Waals surface area contributed by atoms with Crippen LogP contribution in [-0.4, -0.2) is 28.3 Å². The first-order valence-electron chi connectivity index (χ1n) is 7.70. The van der Waals surface area contributed by atoms with E-state index < -0.39 is 11.7 Å². The molecule has 0 aliphatic carbocycles. The summed E-state index contributed by atoms with van der Waals surface area (Å²) in [6, 6.07) is 4.53. The molecule has 3 N–H and O–H groups in total. The molecule has 3 rings (SSSR count). The van der Waals surface area contributed by atoms with E-state index in [9.17, 15) is 14.0 Å². The molecule has 126 valence electrons. The third-order valence-electron chi connectivity index (χ3n) is 3.96. The third kappa shape index (κ3) is 3.15. The molecule has 1 aromatic carbocycles. The quantitative estimate of drug-likeness (QED) is 0.790. The van der Waals surface area contributed by atoms with E-state index in [0.29, 0.717) is 18.7 Å². The highest BCUT2D eigenvalue weighted by atomic mass is 19.1. The number of fused-ring (bicyclic) bond motifs is 1. The highest BCUT2D eigenvalue weighted by Crippen LogP contribution is 2.25. The number of carbonyl (C=O) groups is 2. The van der Waals surface area contributed by atoms with Crippen LogP contribution in [0.2, 0.25) is 0 Å². The molecule has 0 saturated heterocycles. The van der Waals surface area contributed by atoms with E-state index in [1.54, 1.807) is 13.0 Å². The molecule has 1 aromatic heterocycles. The highest BCUT2D eigenvalue weighted by Gasteiger charge is 2.30. The first-order chi connectivity index (χ1) is 11.2. The van der Waals surface area contributed by atoms with E-state index in [1.807, 2.05) is 13.8 Å². The molecule has 0 saturated carbocycles. The first-order valence-corrected chi connectivity index (χ1v) is 7.70. The van der Waals surface area contributed by atoms with E-state index in [0.717, 1.165) is 5.56 Å². The molecular formula is C17H19FN4O2. The largest absolute Gasteiger partial charge is 0.350 e. The predicted molar refractivity (Wildman–Crippen MR) is 87.5 cm³/mol. The number of imidazole rings is 1. The Kier molecular flexibility index (Phi) is 3.87. The van der Waals surface area contributed by atoms with Gasteiger partial charge in [-0.15, -0.1) is 0 Å². The van der Waals surface area contributed by atoms with Crippen molar-refractivity contribution in [3.05, 3.63) is 46.8 Å². The van der Waals surface area contributed by atoms with Crippen molar-refractivity contribution >= 4 is 17.5 Å². The molecule has 24 heavy (non-hydrogen) atoms. The Labute approximate surface area is 138 Å². The lowest BCUT2D eigenvalue weighted by Gasteiger charge is -2.21. The fraction of sp³-hybridized carbons (Fsp3) is 0.353. The molecule has 0 spiro atoms. The molecule has 2 aromatic rings. The zero-order valence-corrected chi connectivity index (χ0v) is 13.8. The van der Waals surface area contributed by atoms with Crippen LogP contribution in [0.15, 0.2) is 18.2 Å². The SMILES string of the molecule is Cc1ccc(NC(=O)c2nc3c([nH]2)CC(C)(C)CNC3=O)c(F)c1. The van der Waals surface area contributed by atoms with Gasteiger partial charge in [0, 0.05) is 12.2 Å². The molecule has 0 unspecified atom stereocenters. The van der Waals surface area contributed by atoms with Crippen molar-refractivity contribution < 1.29 is 14.0 Å². The summed E-state index contributed by atoms with van der Waals surface area (Å²) in [6.07, 6.45) is 0.584. The number of rotatable bonds is 2. The summed E-state index contributed by atoms with van der Waals surface area (Å²) in [5, 5.41) is 5.27. The van der Waals surface area contributed by atoms with Crippen molar-refractivity contribution in [1.82, 2.24) is 15.3 Å². The van der Waals surface area contributed by atoms with Crippen molar-refractivity contribution in [2.24, 2.45) is 5.41 Å². The number of hydrogen-bond acceptors (Lipinski definition) is 3. The van der Waals surface area contributed by atoms with Crippen LogP contribution in [0.3, 0.4) is 0 Å². The minimum atomic E-state index is -0.587. The number of hydrogen-bond donors (Lipinski definition) is 3. The summed E-state index contributed by atoms with van der Waals surface area (Å²) in [4.78, 5) is 31.4. The topological polar surface area (TPSA) is 86.9 Å². The van der Waals surface area contributed by atoms with Gasteiger partial charge >= 0.3 is 0 Å². The van der Waals surface area contributed by atoms with Gasteiger partial charge in [-0.3, -0.25) is 9.59 Å². The van der Waals surface area contributed by atoms with Gasteiger partial charge in [-0.25, -0.2) is 9.37 Å². The van der Waals surface area contributed by atoms with Crippen LogP contribution in [0.25, 0.3) is 0 Å². The van der Waals surface area contributed by atoms with Crippen molar-refractivity contribution in [3.8, 4) is 0 Å². The van der Waals surface area contributed by atoms with Crippen molar-refractivity contribution in [2.45, 2.75) is 27.2 Å². The maximum atomic E-state index is 13.9. The number of carbonyl (C=O) groups excluding carboxylic acids is 2. The van der Waals surface area contributed by atoms with Gasteiger partial charge in [0.2, 0.25) is 0 Å². The number of nitrogens with one attached hydrogen (secondary N) is 3. The molecule has 0 radical (unpaired) electrons. The summed E-state index contributed by atoms with van der Waals surface area (Å²) < 4.78 is 13.9. The van der Waals surface area contributed by atoms with Crippen LogP contribution in [-0.2, 0) is 6.42 Å². The molecule has 1 aliphatic rings. The van der Waals surface area contributed by atoms with Crippen molar-refractivity contribution in [2.75, 3.05) is 11.9 Å². The Hall–Kier alpha value is -2.70. The summed E-state index contributed by atoms with van der Waals surface area (Å²) in [7, 11) is 0. The van der Waals surface area contributed by atoms with Crippen LogP contribution in [0, 0.1) is 18.2 Å². The van der Waals surface area contributed by atoms with Crippen molar-refractivity contribution in [3.63, 3.8) is 0 Å². The number of nitrogens with zero attached hydrogens (tertiary/aromatic N) is 1. The van der Waals surface area contributed by atoms with E-state index in [1.165, 1.54) is 12.1 Å². The van der Waals surface area contributed by atoms with Gasteiger partial charge in [0.25, 0.3) is 11.8 Å². The van der Waals surface area contributed by atoms with E-state index >= 15 is 0 Å². The Bertz CT molecular complexity index is 826. The molecule has 1 aliphatic heterocycles. The van der Waals surface area contributed by atoms with Gasteiger partial charge in [-0.1, -0.05) is 19.9 Å². The minimum absolute atomic E-state index is 0.00664. The average molecular weight is 330 g/mol. The maximum Gasteiger partial charge on any atom is 0.291 e. The van der Waals surface area contributed by atoms with Crippen LogP contribution >= 0.6 is 0 Å². The van der Waals surface area contributed by atoms with Gasteiger partial charge in [0.1, 0.15) is 11.5 Å². The molecule has 2 amide bonds. The number of anilines is 1. The summed E-state index contributed by atoms with van der Waals surface area (Å²) in [5.41, 5.74) is 1.51. The lowest BCUT2D eigenvalue weighted by molar-refractivity contribution is 0.0940. The number of aromatic amines is 1. The number of aromatic nitrogens is 2. The average Bonchev–Trinajstić information content (AvgIpc) is 2.86. The third-order valence-corrected chi connectivity index (χ3v) is 3.96. The second-order valence-corrected chi connectivity index (χ2v) is 6.87. The number of amides is 2. The Morgan fingerprint density at radius 3 is 2.83 bits per heavy atom. The van der Waals surface area contributed by atoms with Crippen LogP contribution < -0.4 is 10.6 Å². The highest BCUT2D eigenvalue weighted by molar-refractivity contribution is 6.03. The Morgan fingerprint density at radius 2 is 2.12 bits per heavy atom. The summed E-state index contributed by atoms with van der Waals surface area (Å²) in [6.45, 7) is 6.33. The molecule has 0 fully saturated rings. The van der Waals surface area contributed by atoms with Gasteiger partial charge < -0.3 is 15.6 Å². The standard InChI is InChI=1S/C17H19FN4O2/c1-9-4-5-11(10(18)6-9)21-16(24)14-20-12-7-17(2,3)8-19-15(23)13(12)22-14/h4-6H,7-8H2,1-3H3,(H,19,23)(H,20,22)(H,21,24). The smallest absolute Gasteiger partial charge is 0.291 e. The van der Waals surface area contributed by atoms with Gasteiger partial charge in [-0.2, -0.15) is 0 Å². The fourth-order valence-electron chi connectivity index (χ4n) is 2.68. The predicted octanol–water partition coefficient (Wildman–Crippen LogP) is 2.42. The summed E-state index contributed by atoms with van der Waals surface area (Å²) >= 11 is 0. The van der Waals surface area contributed by atoms with Gasteiger partial charge in [0.05, 0.1) is 5.69 Å². The first kappa shape index (κ1) is 16.2. The lowest BCUT2D eigenvalue weighted by atomic mass is 9.88. The van der Waals surface area contributed by atoms with E-state index in [4.69, 9.17) is 0 Å². The molecule has 0 atom stereocenters. The number of H-pyrrole nitrogens is 1. The second-order valence-electron chi connectivity index (χ2n) is 6.87. The van der Waals surface area contributed by atoms with E-state index in [-0.39, 0.29) is 28.5 Å². The fourth-order valence-corrected chi connectivity index (χ4v) is 2.68. The normalized spacial score (nSPS) is 16.1. The van der Waals surface area contributed by atoms with Gasteiger partial charge in [0.15, 0.2) is 5.82 Å². The Balaban J connectivity index is 1.87. The second kappa shape index (κ2) is 5.74. The number of halogens is 1. The van der Waals surface area contributed by atoms with Gasteiger partial charge in [-0.05, 0) is 36.5 Å². The minimum Gasteiger partial charge on any atom is -0.350 e. The molecule has 0 bridgehead atoms. The zero-order chi connectivity index (χ0) is 17.5. The van der Waals surface area contributed by atoms with E-state index in [2.05, 4.69) is 20.6 Å². The maximum absolute atomic E-state index is 13.9. The molecular weight excluding hydrogens is 311 g/mol. The Morgan fingerprint density at radius 1 is 1.38 bits per heavy atom. The summed E-state index contributed by atoms with van der Waals surface area (Å²) in [5.74, 6) is -1.42. The number of benzene rings is 1. The molecule has 6 nitrogen and oxygen atoms in total. The van der Waals surface area contributed by atoms with Crippen LogP contribution in [0.4, 0.5) is 10.1 Å². The molecule has 7 heteroatoms. The zero-order valence-electron chi connectivity index (χ0n) is 13.8. The molecule has 2 heterocycles. The monoisotopic (exact) mass is 330 g/mol.